The molecular weight excluding hydrogens is 284 g/mol. The normalized spacial score (nSPS) is 10.2. The molecule has 0 aliphatic heterocycles. The van der Waals surface area contributed by atoms with Gasteiger partial charge < -0.3 is 9.84 Å². The molecule has 0 heterocycles. The Bertz CT molecular complexity index is 596. The molecule has 3 nitrogen and oxygen atoms in total. The van der Waals surface area contributed by atoms with E-state index in [0.717, 1.165) is 10.6 Å². The van der Waals surface area contributed by atoms with Crippen LogP contribution >= 0.6 is 23.4 Å². The Morgan fingerprint density at radius 3 is 2.47 bits per heavy atom. The topological polar surface area (TPSA) is 46.5 Å². The van der Waals surface area contributed by atoms with Crippen LogP contribution in [0.5, 0.6) is 5.75 Å². The number of methoxy groups -OCH3 is 1. The lowest BCUT2D eigenvalue weighted by Gasteiger charge is -2.08. The van der Waals surface area contributed by atoms with E-state index in [-0.39, 0.29) is 10.6 Å². The standard InChI is InChI=1S/C14H11ClO3S/c1-18-9-5-7-10(8-6-9)19-12-4-2-3-11(15)13(12)14(16)17/h2-8H,1H3,(H,16,17). The van der Waals surface area contributed by atoms with Gasteiger partial charge in [-0.25, -0.2) is 4.79 Å². The largest absolute Gasteiger partial charge is 0.497 e. The Hall–Kier alpha value is -1.65. The van der Waals surface area contributed by atoms with Gasteiger partial charge in [-0.3, -0.25) is 0 Å². The molecule has 0 unspecified atom stereocenters. The number of rotatable bonds is 4. The van der Waals surface area contributed by atoms with Crippen LogP contribution in [0.25, 0.3) is 0 Å². The second-order valence-electron chi connectivity index (χ2n) is 3.70. The van der Waals surface area contributed by atoms with Gasteiger partial charge in [-0.2, -0.15) is 0 Å². The molecule has 0 saturated carbocycles. The first-order chi connectivity index (χ1) is 9.11. The molecule has 0 amide bonds. The molecular formula is C14H11ClO3S. The molecule has 1 N–H and O–H groups in total. The highest BCUT2D eigenvalue weighted by Crippen LogP contribution is 2.34. The first-order valence-electron chi connectivity index (χ1n) is 5.45. The third-order valence-corrected chi connectivity index (χ3v) is 3.86. The molecule has 0 bridgehead atoms. The van der Waals surface area contributed by atoms with Gasteiger partial charge in [0.1, 0.15) is 5.75 Å². The third kappa shape index (κ3) is 3.22. The van der Waals surface area contributed by atoms with E-state index in [2.05, 4.69) is 0 Å². The van der Waals surface area contributed by atoms with Gasteiger partial charge >= 0.3 is 5.97 Å². The lowest BCUT2D eigenvalue weighted by Crippen LogP contribution is -1.99. The van der Waals surface area contributed by atoms with Gasteiger partial charge in [0.2, 0.25) is 0 Å². The average Bonchev–Trinajstić information content (AvgIpc) is 2.39. The van der Waals surface area contributed by atoms with Crippen molar-refractivity contribution in [2.24, 2.45) is 0 Å². The summed E-state index contributed by atoms with van der Waals surface area (Å²) in [4.78, 5) is 12.8. The molecule has 0 radical (unpaired) electrons. The summed E-state index contributed by atoms with van der Waals surface area (Å²) in [5.74, 6) is -0.268. The van der Waals surface area contributed by atoms with E-state index in [1.807, 2.05) is 24.3 Å². The van der Waals surface area contributed by atoms with Crippen LogP contribution in [0, 0.1) is 0 Å². The predicted molar refractivity (Wildman–Crippen MR) is 75.5 cm³/mol. The maximum atomic E-state index is 11.2. The number of benzene rings is 2. The number of ether oxygens (including phenoxy) is 1. The summed E-state index contributed by atoms with van der Waals surface area (Å²) in [7, 11) is 1.60. The molecule has 0 aromatic heterocycles. The van der Waals surface area contributed by atoms with Crippen molar-refractivity contribution in [3.05, 3.63) is 53.1 Å². The first-order valence-corrected chi connectivity index (χ1v) is 6.65. The summed E-state index contributed by atoms with van der Waals surface area (Å²) >= 11 is 7.28. The van der Waals surface area contributed by atoms with Crippen LogP contribution in [-0.4, -0.2) is 18.2 Å². The van der Waals surface area contributed by atoms with Gasteiger partial charge in [-0.1, -0.05) is 29.4 Å². The quantitative estimate of drug-likeness (QED) is 0.918. The van der Waals surface area contributed by atoms with Gasteiger partial charge in [-0.15, -0.1) is 0 Å². The minimum absolute atomic E-state index is 0.130. The highest BCUT2D eigenvalue weighted by atomic mass is 35.5. The summed E-state index contributed by atoms with van der Waals surface area (Å²) < 4.78 is 5.08. The minimum Gasteiger partial charge on any atom is -0.497 e. The van der Waals surface area contributed by atoms with Gasteiger partial charge in [0, 0.05) is 9.79 Å². The Kier molecular flexibility index (Phi) is 4.35. The predicted octanol–water partition coefficient (Wildman–Crippen LogP) is 4.20. The van der Waals surface area contributed by atoms with Crippen LogP contribution in [0.1, 0.15) is 10.4 Å². The van der Waals surface area contributed by atoms with Gasteiger partial charge in [-0.05, 0) is 36.4 Å². The Balaban J connectivity index is 2.32. The van der Waals surface area contributed by atoms with E-state index >= 15 is 0 Å². The smallest absolute Gasteiger partial charge is 0.338 e. The van der Waals surface area contributed by atoms with Crippen molar-refractivity contribution in [1.82, 2.24) is 0 Å². The van der Waals surface area contributed by atoms with Crippen molar-refractivity contribution in [1.29, 1.82) is 0 Å². The zero-order valence-corrected chi connectivity index (χ0v) is 11.7. The number of carbonyl (C=O) groups is 1. The molecule has 0 saturated heterocycles. The summed E-state index contributed by atoms with van der Waals surface area (Å²) in [6, 6.07) is 12.4. The zero-order valence-electron chi connectivity index (χ0n) is 10.1. The highest BCUT2D eigenvalue weighted by molar-refractivity contribution is 7.99. The molecule has 0 atom stereocenters. The van der Waals surface area contributed by atoms with Crippen LogP contribution in [0.3, 0.4) is 0 Å². The van der Waals surface area contributed by atoms with Crippen LogP contribution in [-0.2, 0) is 0 Å². The lowest BCUT2D eigenvalue weighted by atomic mass is 10.2. The molecule has 0 spiro atoms. The van der Waals surface area contributed by atoms with Crippen LogP contribution in [0.15, 0.2) is 52.3 Å². The fraction of sp³-hybridized carbons (Fsp3) is 0.0714. The van der Waals surface area contributed by atoms with E-state index in [1.54, 1.807) is 25.3 Å². The van der Waals surface area contributed by atoms with Crippen LogP contribution in [0.2, 0.25) is 5.02 Å². The fourth-order valence-electron chi connectivity index (χ4n) is 1.57. The molecule has 2 aromatic rings. The number of carboxylic acid groups (broad SMARTS) is 1. The Morgan fingerprint density at radius 2 is 1.89 bits per heavy atom. The van der Waals surface area contributed by atoms with E-state index in [9.17, 15) is 9.90 Å². The fourth-order valence-corrected chi connectivity index (χ4v) is 2.85. The maximum absolute atomic E-state index is 11.2. The van der Waals surface area contributed by atoms with E-state index in [1.165, 1.54) is 11.8 Å². The zero-order chi connectivity index (χ0) is 13.8. The SMILES string of the molecule is COc1ccc(Sc2cccc(Cl)c2C(=O)O)cc1. The first kappa shape index (κ1) is 13.8. The summed E-state index contributed by atoms with van der Waals surface area (Å²) in [6.45, 7) is 0. The molecule has 2 aromatic carbocycles. The minimum atomic E-state index is -1.03. The molecule has 98 valence electrons. The summed E-state index contributed by atoms with van der Waals surface area (Å²) in [5, 5.41) is 9.43. The van der Waals surface area contributed by atoms with Crippen molar-refractivity contribution < 1.29 is 14.6 Å². The number of hydrogen-bond donors (Lipinski definition) is 1. The molecule has 0 fully saturated rings. The monoisotopic (exact) mass is 294 g/mol. The van der Waals surface area contributed by atoms with E-state index < -0.39 is 5.97 Å². The Labute approximate surface area is 120 Å². The molecule has 5 heteroatoms. The van der Waals surface area contributed by atoms with Gasteiger partial charge in [0.05, 0.1) is 17.7 Å². The van der Waals surface area contributed by atoms with Crippen molar-refractivity contribution >= 4 is 29.3 Å². The van der Waals surface area contributed by atoms with Crippen molar-refractivity contribution in [2.45, 2.75) is 9.79 Å². The van der Waals surface area contributed by atoms with E-state index in [4.69, 9.17) is 16.3 Å². The van der Waals surface area contributed by atoms with Crippen molar-refractivity contribution in [3.8, 4) is 5.75 Å². The van der Waals surface area contributed by atoms with E-state index in [0.29, 0.717) is 4.90 Å². The van der Waals surface area contributed by atoms with Crippen molar-refractivity contribution in [3.63, 3.8) is 0 Å². The number of halogens is 1. The van der Waals surface area contributed by atoms with Crippen LogP contribution in [0.4, 0.5) is 0 Å². The van der Waals surface area contributed by atoms with Gasteiger partial charge in [0.25, 0.3) is 0 Å². The van der Waals surface area contributed by atoms with Crippen molar-refractivity contribution in [2.75, 3.05) is 7.11 Å². The molecule has 19 heavy (non-hydrogen) atoms. The average molecular weight is 295 g/mol. The Morgan fingerprint density at radius 1 is 1.21 bits per heavy atom. The highest BCUT2D eigenvalue weighted by Gasteiger charge is 2.15. The third-order valence-electron chi connectivity index (χ3n) is 2.48. The molecule has 0 aliphatic carbocycles. The second kappa shape index (κ2) is 5.99. The van der Waals surface area contributed by atoms with Crippen LogP contribution < -0.4 is 4.74 Å². The second-order valence-corrected chi connectivity index (χ2v) is 5.22. The lowest BCUT2D eigenvalue weighted by molar-refractivity contribution is 0.0693. The molecule has 0 aliphatic rings. The number of aromatic carboxylic acids is 1. The maximum Gasteiger partial charge on any atom is 0.338 e. The summed E-state index contributed by atoms with van der Waals surface area (Å²) in [6.07, 6.45) is 0. The summed E-state index contributed by atoms with van der Waals surface area (Å²) in [5.41, 5.74) is 0.130. The molecule has 2 rings (SSSR count). The number of carboxylic acids is 1. The van der Waals surface area contributed by atoms with Gasteiger partial charge in [0.15, 0.2) is 0 Å². The number of hydrogen-bond acceptors (Lipinski definition) is 3.